The monoisotopic (exact) mass is 256 g/mol. The number of thioether (sulfide) groups is 1. The van der Waals surface area contributed by atoms with Crippen LogP contribution in [0.3, 0.4) is 0 Å². The first kappa shape index (κ1) is 13.9. The highest BCUT2D eigenvalue weighted by molar-refractivity contribution is 7.98. The number of nitrogens with two attached hydrogens (primary N) is 1. The summed E-state index contributed by atoms with van der Waals surface area (Å²) in [6.45, 7) is 4.66. The third kappa shape index (κ3) is 3.66. The molecule has 4 N–H and O–H groups in total. The van der Waals surface area contributed by atoms with Crippen LogP contribution in [0.2, 0.25) is 0 Å². The summed E-state index contributed by atoms with van der Waals surface area (Å²) in [5.41, 5.74) is 7.46. The Hall–Kier alpha value is -1.17. The summed E-state index contributed by atoms with van der Waals surface area (Å²) in [7, 11) is 0. The number of carbonyl (C=O) groups excluding carboxylic acids is 1. The predicted molar refractivity (Wildman–Crippen MR) is 72.4 cm³/mol. The van der Waals surface area contributed by atoms with Gasteiger partial charge in [0.2, 0.25) is 0 Å². The van der Waals surface area contributed by atoms with E-state index in [1.54, 1.807) is 11.8 Å². The molecule has 0 saturated carbocycles. The standard InChI is InChI=1S/C11H20N4OS/c1-7(2)9-8(12)10(15-14-9)11(16)13-5-4-6-17-3/h7H,4-6,12H2,1-3H3,(H,13,16)(H,14,15). The zero-order valence-corrected chi connectivity index (χ0v) is 11.4. The zero-order valence-electron chi connectivity index (χ0n) is 10.5. The van der Waals surface area contributed by atoms with Crippen molar-refractivity contribution in [3.05, 3.63) is 11.4 Å². The highest BCUT2D eigenvalue weighted by Crippen LogP contribution is 2.21. The maximum atomic E-state index is 11.8. The van der Waals surface area contributed by atoms with Crippen LogP contribution in [0.5, 0.6) is 0 Å². The van der Waals surface area contributed by atoms with E-state index in [1.807, 2.05) is 20.1 Å². The lowest BCUT2D eigenvalue weighted by Gasteiger charge is -2.04. The number of aromatic amines is 1. The number of nitrogens with one attached hydrogen (secondary N) is 2. The Labute approximate surface area is 106 Å². The van der Waals surface area contributed by atoms with Gasteiger partial charge in [-0.2, -0.15) is 16.9 Å². The zero-order chi connectivity index (χ0) is 12.8. The Kier molecular flexibility index (Phi) is 5.34. The molecule has 1 aromatic heterocycles. The molecule has 0 bridgehead atoms. The number of nitrogens with zero attached hydrogens (tertiary/aromatic N) is 1. The van der Waals surface area contributed by atoms with Gasteiger partial charge in [-0.25, -0.2) is 0 Å². The van der Waals surface area contributed by atoms with Crippen LogP contribution in [0.15, 0.2) is 0 Å². The van der Waals surface area contributed by atoms with Crippen LogP contribution in [0, 0.1) is 0 Å². The molecule has 5 nitrogen and oxygen atoms in total. The van der Waals surface area contributed by atoms with Gasteiger partial charge in [-0.3, -0.25) is 9.89 Å². The number of amides is 1. The number of anilines is 1. The molecule has 0 fully saturated rings. The number of H-pyrrole nitrogens is 1. The Bertz CT molecular complexity index is 376. The fourth-order valence-electron chi connectivity index (χ4n) is 1.48. The van der Waals surface area contributed by atoms with Crippen LogP contribution < -0.4 is 11.1 Å². The molecule has 0 aromatic carbocycles. The molecule has 6 heteroatoms. The smallest absolute Gasteiger partial charge is 0.273 e. The van der Waals surface area contributed by atoms with E-state index in [0.717, 1.165) is 17.9 Å². The van der Waals surface area contributed by atoms with E-state index in [2.05, 4.69) is 15.5 Å². The Morgan fingerprint density at radius 3 is 2.82 bits per heavy atom. The van der Waals surface area contributed by atoms with Crippen molar-refractivity contribution in [3.8, 4) is 0 Å². The van der Waals surface area contributed by atoms with E-state index in [1.165, 1.54) is 0 Å². The van der Waals surface area contributed by atoms with Gasteiger partial charge in [0.05, 0.1) is 11.4 Å². The molecule has 0 aliphatic carbocycles. The largest absolute Gasteiger partial charge is 0.395 e. The molecule has 0 aliphatic heterocycles. The van der Waals surface area contributed by atoms with Gasteiger partial charge in [0.1, 0.15) is 0 Å². The van der Waals surface area contributed by atoms with E-state index in [4.69, 9.17) is 5.73 Å². The van der Waals surface area contributed by atoms with Crippen LogP contribution in [-0.2, 0) is 0 Å². The molecule has 0 unspecified atom stereocenters. The minimum atomic E-state index is -0.202. The van der Waals surface area contributed by atoms with Crippen molar-refractivity contribution in [1.29, 1.82) is 0 Å². The summed E-state index contributed by atoms with van der Waals surface area (Å²) in [6.07, 6.45) is 3.00. The SMILES string of the molecule is CSCCCNC(=O)c1n[nH]c(C(C)C)c1N. The van der Waals surface area contributed by atoms with Gasteiger partial charge in [-0.15, -0.1) is 0 Å². The quantitative estimate of drug-likeness (QED) is 0.675. The van der Waals surface area contributed by atoms with Crippen LogP contribution in [0.1, 0.15) is 42.4 Å². The minimum absolute atomic E-state index is 0.202. The molecule has 96 valence electrons. The number of rotatable bonds is 6. The molecule has 1 rings (SSSR count). The summed E-state index contributed by atoms with van der Waals surface area (Å²) in [5, 5.41) is 9.60. The molecule has 1 aromatic rings. The van der Waals surface area contributed by atoms with E-state index in [-0.39, 0.29) is 11.8 Å². The maximum Gasteiger partial charge on any atom is 0.273 e. The number of aromatic nitrogens is 2. The number of carbonyl (C=O) groups is 1. The normalized spacial score (nSPS) is 10.8. The first-order valence-corrected chi connectivity index (χ1v) is 7.08. The summed E-state index contributed by atoms with van der Waals surface area (Å²) in [4.78, 5) is 11.8. The van der Waals surface area contributed by atoms with E-state index < -0.39 is 0 Å². The van der Waals surface area contributed by atoms with Gasteiger partial charge >= 0.3 is 0 Å². The highest BCUT2D eigenvalue weighted by atomic mass is 32.2. The van der Waals surface area contributed by atoms with Crippen molar-refractivity contribution in [3.63, 3.8) is 0 Å². The van der Waals surface area contributed by atoms with Crippen molar-refractivity contribution in [2.45, 2.75) is 26.2 Å². The molecule has 1 amide bonds. The third-order valence-corrected chi connectivity index (χ3v) is 3.13. The maximum absolute atomic E-state index is 11.8. The van der Waals surface area contributed by atoms with Crippen LogP contribution in [-0.4, -0.2) is 34.7 Å². The van der Waals surface area contributed by atoms with Gasteiger partial charge < -0.3 is 11.1 Å². The summed E-state index contributed by atoms with van der Waals surface area (Å²) >= 11 is 1.76. The van der Waals surface area contributed by atoms with Crippen molar-refractivity contribution >= 4 is 23.4 Å². The summed E-state index contributed by atoms with van der Waals surface area (Å²) in [6, 6.07) is 0. The van der Waals surface area contributed by atoms with Gasteiger partial charge in [-0.05, 0) is 24.3 Å². The molecular weight excluding hydrogens is 236 g/mol. The Morgan fingerprint density at radius 1 is 1.59 bits per heavy atom. The van der Waals surface area contributed by atoms with Crippen LogP contribution in [0.25, 0.3) is 0 Å². The summed E-state index contributed by atoms with van der Waals surface area (Å²) < 4.78 is 0. The highest BCUT2D eigenvalue weighted by Gasteiger charge is 2.18. The topological polar surface area (TPSA) is 83.8 Å². The van der Waals surface area contributed by atoms with Crippen molar-refractivity contribution < 1.29 is 4.79 Å². The van der Waals surface area contributed by atoms with Gasteiger partial charge in [0.25, 0.3) is 5.91 Å². The Morgan fingerprint density at radius 2 is 2.29 bits per heavy atom. The van der Waals surface area contributed by atoms with Crippen molar-refractivity contribution in [2.24, 2.45) is 0 Å². The molecule has 1 heterocycles. The third-order valence-electron chi connectivity index (χ3n) is 2.44. The first-order chi connectivity index (χ1) is 8.07. The lowest BCUT2D eigenvalue weighted by molar-refractivity contribution is 0.0949. The lowest BCUT2D eigenvalue weighted by Crippen LogP contribution is -2.26. The first-order valence-electron chi connectivity index (χ1n) is 5.68. The van der Waals surface area contributed by atoms with E-state index in [9.17, 15) is 4.79 Å². The van der Waals surface area contributed by atoms with Crippen molar-refractivity contribution in [2.75, 3.05) is 24.3 Å². The molecule has 0 radical (unpaired) electrons. The van der Waals surface area contributed by atoms with Crippen LogP contribution >= 0.6 is 11.8 Å². The second kappa shape index (κ2) is 6.54. The number of nitrogen functional groups attached to an aromatic ring is 1. The fraction of sp³-hybridized carbons (Fsp3) is 0.636. The number of hydrogen-bond donors (Lipinski definition) is 3. The van der Waals surface area contributed by atoms with E-state index in [0.29, 0.717) is 17.9 Å². The minimum Gasteiger partial charge on any atom is -0.395 e. The average Bonchev–Trinajstić information content (AvgIpc) is 2.66. The number of hydrogen-bond acceptors (Lipinski definition) is 4. The molecule has 0 saturated heterocycles. The lowest BCUT2D eigenvalue weighted by atomic mass is 10.1. The molecular formula is C11H20N4OS. The van der Waals surface area contributed by atoms with Crippen molar-refractivity contribution in [1.82, 2.24) is 15.5 Å². The van der Waals surface area contributed by atoms with Gasteiger partial charge in [0.15, 0.2) is 5.69 Å². The molecule has 17 heavy (non-hydrogen) atoms. The van der Waals surface area contributed by atoms with Gasteiger partial charge in [-0.1, -0.05) is 13.8 Å². The average molecular weight is 256 g/mol. The van der Waals surface area contributed by atoms with E-state index >= 15 is 0 Å². The second-order valence-electron chi connectivity index (χ2n) is 4.16. The molecule has 0 aliphatic rings. The Balaban J connectivity index is 2.57. The van der Waals surface area contributed by atoms with Gasteiger partial charge in [0, 0.05) is 6.54 Å². The second-order valence-corrected chi connectivity index (χ2v) is 5.14. The summed E-state index contributed by atoms with van der Waals surface area (Å²) in [5.74, 6) is 1.07. The van der Waals surface area contributed by atoms with Crippen LogP contribution in [0.4, 0.5) is 5.69 Å². The predicted octanol–water partition coefficient (Wildman–Crippen LogP) is 1.60. The fourth-order valence-corrected chi connectivity index (χ4v) is 1.91. The molecule has 0 atom stereocenters. The molecule has 0 spiro atoms.